The zero-order valence-electron chi connectivity index (χ0n) is 12.5. The number of nitrogens with one attached hydrogen (secondary N) is 1. The Labute approximate surface area is 126 Å². The summed E-state index contributed by atoms with van der Waals surface area (Å²) in [6, 6.07) is 23.7. The highest BCUT2D eigenvalue weighted by atomic mass is 14.9. The fraction of sp³-hybridized carbons (Fsp3) is 0.200. The number of anilines is 1. The minimum atomic E-state index is 0.863. The van der Waals surface area contributed by atoms with Gasteiger partial charge in [-0.3, -0.25) is 0 Å². The highest BCUT2D eigenvalue weighted by Crippen LogP contribution is 2.21. The van der Waals surface area contributed by atoms with Crippen molar-refractivity contribution in [3.63, 3.8) is 0 Å². The lowest BCUT2D eigenvalue weighted by molar-refractivity contribution is 0.920. The first-order valence-corrected chi connectivity index (χ1v) is 7.67. The zero-order valence-corrected chi connectivity index (χ0v) is 12.5. The second kappa shape index (κ2) is 6.45. The van der Waals surface area contributed by atoms with Crippen LogP contribution < -0.4 is 5.32 Å². The van der Waals surface area contributed by atoms with Gasteiger partial charge in [0.2, 0.25) is 0 Å². The van der Waals surface area contributed by atoms with Gasteiger partial charge in [0.15, 0.2) is 0 Å². The highest BCUT2D eigenvalue weighted by Gasteiger charge is 2.03. The van der Waals surface area contributed by atoms with Gasteiger partial charge in [-0.1, -0.05) is 74.0 Å². The van der Waals surface area contributed by atoms with E-state index in [0.717, 1.165) is 13.0 Å². The summed E-state index contributed by atoms with van der Waals surface area (Å²) in [6.45, 7) is 3.09. The molecule has 3 aromatic carbocycles. The third kappa shape index (κ3) is 3.08. The molecule has 0 fully saturated rings. The first-order valence-electron chi connectivity index (χ1n) is 7.67. The fourth-order valence-corrected chi connectivity index (χ4v) is 2.82. The number of aryl methyl sites for hydroxylation is 1. The van der Waals surface area contributed by atoms with Crippen LogP contribution in [-0.2, 0) is 13.0 Å². The summed E-state index contributed by atoms with van der Waals surface area (Å²) < 4.78 is 0. The monoisotopic (exact) mass is 275 g/mol. The predicted octanol–water partition coefficient (Wildman–Crippen LogP) is 5.40. The number of hydrogen-bond acceptors (Lipinski definition) is 1. The first kappa shape index (κ1) is 13.7. The Morgan fingerprint density at radius 2 is 1.48 bits per heavy atom. The smallest absolute Gasteiger partial charge is 0.0407 e. The molecule has 0 aliphatic carbocycles. The molecule has 0 saturated heterocycles. The summed E-state index contributed by atoms with van der Waals surface area (Å²) in [5, 5.41) is 6.24. The van der Waals surface area contributed by atoms with Crippen molar-refractivity contribution < 1.29 is 0 Å². The van der Waals surface area contributed by atoms with Gasteiger partial charge in [0.1, 0.15) is 0 Å². The molecular formula is C20H21N. The van der Waals surface area contributed by atoms with Crippen LogP contribution in [0.25, 0.3) is 10.8 Å². The Balaban J connectivity index is 1.84. The Hall–Kier alpha value is -2.28. The van der Waals surface area contributed by atoms with Gasteiger partial charge in [-0.25, -0.2) is 0 Å². The molecule has 106 valence electrons. The molecular weight excluding hydrogens is 254 g/mol. The van der Waals surface area contributed by atoms with Crippen LogP contribution >= 0.6 is 0 Å². The average Bonchev–Trinajstić information content (AvgIpc) is 2.54. The van der Waals surface area contributed by atoms with E-state index in [1.54, 1.807) is 0 Å². The minimum Gasteiger partial charge on any atom is -0.381 e. The van der Waals surface area contributed by atoms with E-state index in [1.165, 1.54) is 34.0 Å². The van der Waals surface area contributed by atoms with Gasteiger partial charge < -0.3 is 5.32 Å². The molecule has 1 heteroatoms. The van der Waals surface area contributed by atoms with Gasteiger partial charge in [-0.2, -0.15) is 0 Å². The number of benzene rings is 3. The maximum atomic E-state index is 3.61. The van der Waals surface area contributed by atoms with E-state index in [-0.39, 0.29) is 0 Å². The first-order chi connectivity index (χ1) is 10.4. The molecule has 0 aliphatic rings. The summed E-state index contributed by atoms with van der Waals surface area (Å²) >= 11 is 0. The lowest BCUT2D eigenvalue weighted by Crippen LogP contribution is -2.02. The lowest BCUT2D eigenvalue weighted by Gasteiger charge is -2.13. The molecule has 1 N–H and O–H groups in total. The number of hydrogen-bond donors (Lipinski definition) is 1. The van der Waals surface area contributed by atoms with E-state index < -0.39 is 0 Å². The summed E-state index contributed by atoms with van der Waals surface area (Å²) in [5.74, 6) is 0. The number of fused-ring (bicyclic) bond motifs is 1. The van der Waals surface area contributed by atoms with Crippen molar-refractivity contribution in [2.24, 2.45) is 0 Å². The maximum absolute atomic E-state index is 3.61. The van der Waals surface area contributed by atoms with Gasteiger partial charge in [0, 0.05) is 12.2 Å². The molecule has 0 aliphatic heterocycles. The molecule has 0 aromatic heterocycles. The molecule has 0 saturated carbocycles. The van der Waals surface area contributed by atoms with Crippen LogP contribution in [0, 0.1) is 0 Å². The predicted molar refractivity (Wildman–Crippen MR) is 91.7 cm³/mol. The molecule has 0 spiro atoms. The SMILES string of the molecule is CCCc1ccccc1NCc1cccc2ccccc12. The molecule has 0 atom stereocenters. The Bertz CT molecular complexity index is 725. The average molecular weight is 275 g/mol. The number of rotatable bonds is 5. The van der Waals surface area contributed by atoms with Crippen LogP contribution in [0.3, 0.4) is 0 Å². The molecule has 21 heavy (non-hydrogen) atoms. The van der Waals surface area contributed by atoms with Gasteiger partial charge >= 0.3 is 0 Å². The maximum Gasteiger partial charge on any atom is 0.0407 e. The molecule has 0 heterocycles. The van der Waals surface area contributed by atoms with E-state index in [9.17, 15) is 0 Å². The van der Waals surface area contributed by atoms with Gasteiger partial charge in [-0.05, 0) is 34.4 Å². The standard InChI is InChI=1S/C20H21N/c1-2-8-17-10-4-6-14-20(17)21-15-18-12-7-11-16-9-3-5-13-19(16)18/h3-7,9-14,21H,2,8,15H2,1H3. The van der Waals surface area contributed by atoms with E-state index in [4.69, 9.17) is 0 Å². The van der Waals surface area contributed by atoms with Crippen LogP contribution in [0.2, 0.25) is 0 Å². The minimum absolute atomic E-state index is 0.863. The molecule has 0 bridgehead atoms. The number of para-hydroxylation sites is 1. The van der Waals surface area contributed by atoms with Gasteiger partial charge in [0.05, 0.1) is 0 Å². The molecule has 0 radical (unpaired) electrons. The quantitative estimate of drug-likeness (QED) is 0.657. The summed E-state index contributed by atoms with van der Waals surface area (Å²) in [5.41, 5.74) is 4.01. The van der Waals surface area contributed by atoms with Gasteiger partial charge in [0.25, 0.3) is 0 Å². The largest absolute Gasteiger partial charge is 0.381 e. The van der Waals surface area contributed by atoms with Crippen molar-refractivity contribution >= 4 is 16.5 Å². The Kier molecular flexibility index (Phi) is 4.20. The molecule has 3 rings (SSSR count). The Morgan fingerprint density at radius 3 is 2.38 bits per heavy atom. The zero-order chi connectivity index (χ0) is 14.5. The van der Waals surface area contributed by atoms with Crippen LogP contribution in [0.1, 0.15) is 24.5 Å². The van der Waals surface area contributed by atoms with Crippen LogP contribution in [-0.4, -0.2) is 0 Å². The molecule has 0 amide bonds. The molecule has 3 aromatic rings. The van der Waals surface area contributed by atoms with Crippen molar-refractivity contribution in [2.45, 2.75) is 26.3 Å². The van der Waals surface area contributed by atoms with Crippen molar-refractivity contribution in [3.8, 4) is 0 Å². The summed E-state index contributed by atoms with van der Waals surface area (Å²) in [7, 11) is 0. The second-order valence-electron chi connectivity index (χ2n) is 5.40. The third-order valence-electron chi connectivity index (χ3n) is 3.89. The van der Waals surface area contributed by atoms with E-state index in [1.807, 2.05) is 0 Å². The van der Waals surface area contributed by atoms with Crippen LogP contribution in [0.5, 0.6) is 0 Å². The third-order valence-corrected chi connectivity index (χ3v) is 3.89. The van der Waals surface area contributed by atoms with Crippen molar-refractivity contribution in [3.05, 3.63) is 77.9 Å². The Morgan fingerprint density at radius 1 is 0.762 bits per heavy atom. The summed E-state index contributed by atoms with van der Waals surface area (Å²) in [4.78, 5) is 0. The topological polar surface area (TPSA) is 12.0 Å². The van der Waals surface area contributed by atoms with E-state index in [0.29, 0.717) is 0 Å². The molecule has 1 nitrogen and oxygen atoms in total. The van der Waals surface area contributed by atoms with Crippen molar-refractivity contribution in [2.75, 3.05) is 5.32 Å². The highest BCUT2D eigenvalue weighted by molar-refractivity contribution is 5.85. The normalized spacial score (nSPS) is 10.7. The summed E-state index contributed by atoms with van der Waals surface area (Å²) in [6.07, 6.45) is 2.30. The van der Waals surface area contributed by atoms with E-state index in [2.05, 4.69) is 79.0 Å². The fourth-order valence-electron chi connectivity index (χ4n) is 2.82. The van der Waals surface area contributed by atoms with Crippen molar-refractivity contribution in [1.82, 2.24) is 0 Å². The molecule has 0 unspecified atom stereocenters. The van der Waals surface area contributed by atoms with Crippen molar-refractivity contribution in [1.29, 1.82) is 0 Å². The van der Waals surface area contributed by atoms with Gasteiger partial charge in [-0.15, -0.1) is 0 Å². The van der Waals surface area contributed by atoms with Crippen LogP contribution in [0.4, 0.5) is 5.69 Å². The van der Waals surface area contributed by atoms with E-state index >= 15 is 0 Å². The second-order valence-corrected chi connectivity index (χ2v) is 5.40. The lowest BCUT2D eigenvalue weighted by atomic mass is 10.0. The van der Waals surface area contributed by atoms with Crippen LogP contribution in [0.15, 0.2) is 66.7 Å².